The van der Waals surface area contributed by atoms with E-state index in [1.165, 1.54) is 0 Å². The molecule has 6 heteroatoms. The summed E-state index contributed by atoms with van der Waals surface area (Å²) in [5.41, 5.74) is 7.13. The van der Waals surface area contributed by atoms with Gasteiger partial charge in [-0.1, -0.05) is 12.1 Å². The van der Waals surface area contributed by atoms with Crippen LogP contribution in [0.3, 0.4) is 0 Å². The third-order valence-electron chi connectivity index (χ3n) is 2.26. The molecule has 1 atom stereocenters. The molecule has 1 aromatic carbocycles. The zero-order chi connectivity index (χ0) is 14.5. The lowest BCUT2D eigenvalue weighted by Crippen LogP contribution is -2.23. The third-order valence-corrected chi connectivity index (χ3v) is 2.26. The maximum Gasteiger partial charge on any atom is 0.336 e. The number of carboxylic acid groups (broad SMARTS) is 1. The topological polar surface area (TPSA) is 96.8 Å². The molecule has 0 aliphatic carbocycles. The Bertz CT molecular complexity index is 483. The lowest BCUT2D eigenvalue weighted by Gasteiger charge is -2.21. The lowest BCUT2D eigenvalue weighted by molar-refractivity contribution is -0.138. The van der Waals surface area contributed by atoms with Crippen LogP contribution in [-0.2, 0) is 11.2 Å². The molecule has 1 rings (SSSR count). The third kappa shape index (κ3) is 5.31. The van der Waals surface area contributed by atoms with Gasteiger partial charge in [0.1, 0.15) is 22.0 Å². The maximum atomic E-state index is 10.9. The maximum absolute atomic E-state index is 10.9. The molecular formula is C13H18N3O3+. The van der Waals surface area contributed by atoms with Crippen LogP contribution in [0, 0.1) is 5.53 Å². The standard InChI is InChI=1S/C13H17N3O3/c1-13(2,3)19-10-6-4-9(5-7-10)8-11(12(17)18)15-16-14/h4-7,11,14H,8H2,1-3H3/p+1. The van der Waals surface area contributed by atoms with Gasteiger partial charge in [0.2, 0.25) is 11.0 Å². The predicted molar refractivity (Wildman–Crippen MR) is 69.2 cm³/mol. The highest BCUT2D eigenvalue weighted by Crippen LogP contribution is 2.19. The van der Waals surface area contributed by atoms with Crippen molar-refractivity contribution in [3.05, 3.63) is 29.8 Å². The fraction of sp³-hybridized carbons (Fsp3) is 0.462. The molecule has 0 saturated carbocycles. The highest BCUT2D eigenvalue weighted by atomic mass is 16.5. The fourth-order valence-electron chi connectivity index (χ4n) is 1.52. The minimum absolute atomic E-state index is 0.202. The number of nitrogens with one attached hydrogen (secondary N) is 1. The Morgan fingerprint density at radius 1 is 1.42 bits per heavy atom. The molecule has 1 unspecified atom stereocenters. The van der Waals surface area contributed by atoms with Crippen molar-refractivity contribution >= 4 is 5.97 Å². The molecule has 0 fully saturated rings. The van der Waals surface area contributed by atoms with Crippen LogP contribution in [0.1, 0.15) is 26.3 Å². The highest BCUT2D eigenvalue weighted by molar-refractivity contribution is 5.73. The van der Waals surface area contributed by atoms with E-state index in [1.807, 2.05) is 20.8 Å². The van der Waals surface area contributed by atoms with Gasteiger partial charge in [-0.2, -0.15) is 0 Å². The van der Waals surface area contributed by atoms with E-state index in [4.69, 9.17) is 15.4 Å². The summed E-state index contributed by atoms with van der Waals surface area (Å²) in [5.74, 6) is -0.365. The van der Waals surface area contributed by atoms with E-state index in [9.17, 15) is 4.79 Å². The number of benzene rings is 1. The molecule has 0 aliphatic rings. The van der Waals surface area contributed by atoms with Gasteiger partial charge in [-0.15, -0.1) is 0 Å². The van der Waals surface area contributed by atoms with Gasteiger partial charge in [0.25, 0.3) is 0 Å². The van der Waals surface area contributed by atoms with Crippen molar-refractivity contribution in [3.8, 4) is 5.75 Å². The second kappa shape index (κ2) is 6.11. The highest BCUT2D eigenvalue weighted by Gasteiger charge is 2.22. The molecule has 6 nitrogen and oxygen atoms in total. The Labute approximate surface area is 111 Å². The minimum atomic E-state index is -1.09. The van der Waals surface area contributed by atoms with Gasteiger partial charge < -0.3 is 9.84 Å². The molecule has 0 spiro atoms. The summed E-state index contributed by atoms with van der Waals surface area (Å²) in [5, 5.41) is 12.3. The second-order valence-electron chi connectivity index (χ2n) is 5.13. The zero-order valence-corrected chi connectivity index (χ0v) is 11.3. The summed E-state index contributed by atoms with van der Waals surface area (Å²) >= 11 is 0. The van der Waals surface area contributed by atoms with Crippen molar-refractivity contribution in [1.82, 2.24) is 4.91 Å². The van der Waals surface area contributed by atoms with Gasteiger partial charge in [-0.25, -0.2) is 4.79 Å². The summed E-state index contributed by atoms with van der Waals surface area (Å²) in [4.78, 5) is 13.7. The number of hydrogen-bond donors (Lipinski definition) is 2. The van der Waals surface area contributed by atoms with Crippen LogP contribution < -0.4 is 9.65 Å². The van der Waals surface area contributed by atoms with Crippen LogP contribution in [0.5, 0.6) is 5.75 Å². The number of carboxylic acids is 1. The molecule has 0 bridgehead atoms. The molecule has 0 saturated heterocycles. The van der Waals surface area contributed by atoms with E-state index < -0.39 is 12.0 Å². The van der Waals surface area contributed by atoms with Gasteiger partial charge in [0.05, 0.1) is 0 Å². The number of aliphatic carboxylic acids is 1. The van der Waals surface area contributed by atoms with E-state index in [1.54, 1.807) is 24.3 Å². The molecule has 2 N–H and O–H groups in total. The first-order valence-corrected chi connectivity index (χ1v) is 5.89. The number of ether oxygens (including phenoxy) is 1. The summed E-state index contributed by atoms with van der Waals surface area (Å²) in [6.07, 6.45) is 0.202. The van der Waals surface area contributed by atoms with Crippen LogP contribution in [0.4, 0.5) is 0 Å². The minimum Gasteiger partial charge on any atom is -0.488 e. The SMILES string of the molecule is CC(C)(C)Oc1ccc(CC(N=[N+]=N)C(=O)O)cc1. The number of hydrogen-bond acceptors (Lipinski definition) is 4. The van der Waals surface area contributed by atoms with Crippen LogP contribution >= 0.6 is 0 Å². The number of nitrogens with zero attached hydrogens (tertiary/aromatic N) is 2. The van der Waals surface area contributed by atoms with E-state index in [0.29, 0.717) is 0 Å². The molecular weight excluding hydrogens is 246 g/mol. The molecule has 0 radical (unpaired) electrons. The van der Waals surface area contributed by atoms with E-state index in [-0.39, 0.29) is 12.0 Å². The number of rotatable bonds is 5. The van der Waals surface area contributed by atoms with Crippen LogP contribution in [0.2, 0.25) is 0 Å². The van der Waals surface area contributed by atoms with Gasteiger partial charge in [-0.05, 0) is 38.5 Å². The molecule has 102 valence electrons. The predicted octanol–water partition coefficient (Wildman–Crippen LogP) is 2.41. The first kappa shape index (κ1) is 14.9. The van der Waals surface area contributed by atoms with Crippen molar-refractivity contribution in [2.75, 3.05) is 0 Å². The monoisotopic (exact) mass is 264 g/mol. The molecule has 0 aromatic heterocycles. The molecule has 19 heavy (non-hydrogen) atoms. The zero-order valence-electron chi connectivity index (χ0n) is 11.3. The summed E-state index contributed by atoms with van der Waals surface area (Å²) in [6, 6.07) is 6.13. The van der Waals surface area contributed by atoms with Gasteiger partial charge >= 0.3 is 5.97 Å². The first-order valence-electron chi connectivity index (χ1n) is 5.89. The Morgan fingerprint density at radius 3 is 2.42 bits per heavy atom. The Hall–Kier alpha value is -2.20. The largest absolute Gasteiger partial charge is 0.488 e. The lowest BCUT2D eigenvalue weighted by atomic mass is 10.1. The summed E-state index contributed by atoms with van der Waals surface area (Å²) in [6.45, 7) is 5.86. The van der Waals surface area contributed by atoms with Crippen molar-refractivity contribution in [3.63, 3.8) is 0 Å². The normalized spacial score (nSPS) is 12.4. The van der Waals surface area contributed by atoms with Crippen LogP contribution in [0.15, 0.2) is 29.4 Å². The van der Waals surface area contributed by atoms with Crippen LogP contribution in [0.25, 0.3) is 0 Å². The Kier molecular flexibility index (Phi) is 4.78. The van der Waals surface area contributed by atoms with Gasteiger partial charge in [0, 0.05) is 6.42 Å². The number of carbonyl (C=O) groups is 1. The second-order valence-corrected chi connectivity index (χ2v) is 5.13. The smallest absolute Gasteiger partial charge is 0.336 e. The van der Waals surface area contributed by atoms with E-state index in [0.717, 1.165) is 11.3 Å². The van der Waals surface area contributed by atoms with E-state index >= 15 is 0 Å². The van der Waals surface area contributed by atoms with Gasteiger partial charge in [0.15, 0.2) is 0 Å². The van der Waals surface area contributed by atoms with Crippen molar-refractivity contribution in [2.45, 2.75) is 38.8 Å². The Morgan fingerprint density at radius 2 is 2.00 bits per heavy atom. The quantitative estimate of drug-likeness (QED) is 0.631. The van der Waals surface area contributed by atoms with Gasteiger partial charge in [-0.3, -0.25) is 0 Å². The summed E-state index contributed by atoms with van der Waals surface area (Å²) in [7, 11) is 0. The molecule has 0 aliphatic heterocycles. The molecule has 0 amide bonds. The fourth-order valence-corrected chi connectivity index (χ4v) is 1.52. The first-order chi connectivity index (χ1) is 8.81. The molecule has 0 heterocycles. The van der Waals surface area contributed by atoms with Crippen molar-refractivity contribution < 1.29 is 14.6 Å². The Balaban J connectivity index is 2.76. The van der Waals surface area contributed by atoms with Crippen molar-refractivity contribution in [2.24, 2.45) is 5.11 Å². The van der Waals surface area contributed by atoms with Crippen LogP contribution in [-0.4, -0.2) is 22.7 Å². The van der Waals surface area contributed by atoms with E-state index in [2.05, 4.69) is 10.0 Å². The molecule has 1 aromatic rings. The summed E-state index contributed by atoms with van der Waals surface area (Å²) < 4.78 is 5.67. The average Bonchev–Trinajstić information content (AvgIpc) is 2.29. The van der Waals surface area contributed by atoms with Crippen molar-refractivity contribution in [1.29, 1.82) is 5.53 Å². The average molecular weight is 264 g/mol.